The van der Waals surface area contributed by atoms with Gasteiger partial charge in [0.2, 0.25) is 0 Å². The van der Waals surface area contributed by atoms with Crippen LogP contribution in [0.4, 0.5) is 0 Å². The summed E-state index contributed by atoms with van der Waals surface area (Å²) in [6, 6.07) is 22.5. The van der Waals surface area contributed by atoms with Gasteiger partial charge in [0.1, 0.15) is 12.4 Å². The van der Waals surface area contributed by atoms with Crippen molar-refractivity contribution in [3.63, 3.8) is 0 Å². The number of hydrogen-bond donors (Lipinski definition) is 1. The second kappa shape index (κ2) is 22.2. The molecule has 3 aromatic rings. The zero-order valence-corrected chi connectivity index (χ0v) is 29.0. The number of nitrogens with zero attached hydrogens (tertiary/aromatic N) is 1. The van der Waals surface area contributed by atoms with E-state index in [4.69, 9.17) is 0 Å². The van der Waals surface area contributed by atoms with Crippen LogP contribution in [-0.2, 0) is 18.4 Å². The number of aromatic amines is 1. The third-order valence-corrected chi connectivity index (χ3v) is 10.1. The Kier molecular flexibility index (Phi) is 18.2. The SMILES string of the molecule is CCCCCCCCCCCCCCCCCC[n+]1cc[nH]c1C(CCCCC)C(C)(Cc1ccccc1)c1ccccc1. The molecule has 244 valence electrons. The van der Waals surface area contributed by atoms with Gasteiger partial charge in [0.25, 0.3) is 5.82 Å². The van der Waals surface area contributed by atoms with Crippen molar-refractivity contribution < 1.29 is 4.57 Å². The Bertz CT molecular complexity index is 1070. The van der Waals surface area contributed by atoms with E-state index in [1.807, 2.05) is 0 Å². The maximum Gasteiger partial charge on any atom is 0.258 e. The number of H-pyrrole nitrogens is 1. The molecule has 0 saturated heterocycles. The first-order chi connectivity index (χ1) is 21.7. The second-order valence-corrected chi connectivity index (χ2v) is 13.8. The van der Waals surface area contributed by atoms with Crippen molar-refractivity contribution in [1.82, 2.24) is 4.98 Å². The number of rotatable bonds is 26. The summed E-state index contributed by atoms with van der Waals surface area (Å²) < 4.78 is 2.56. The third-order valence-electron chi connectivity index (χ3n) is 10.1. The summed E-state index contributed by atoms with van der Waals surface area (Å²) in [5.41, 5.74) is 2.89. The molecule has 0 aliphatic carbocycles. The molecule has 2 aromatic carbocycles. The average Bonchev–Trinajstić information content (AvgIpc) is 3.51. The second-order valence-electron chi connectivity index (χ2n) is 13.8. The lowest BCUT2D eigenvalue weighted by atomic mass is 9.66. The molecular formula is C42H67N2+. The standard InChI is InChI=1S/C42H66N2/c1-4-6-8-9-10-11-12-13-14-15-16-17-18-19-20-28-35-44-36-34-43-41(44)40(33-23-7-5-2)42(3,39-31-26-22-27-32-39)37-38-29-24-21-25-30-38/h21-22,24-27,29-32,34,36,40H,4-20,23,28,33,35,37H2,1-3H3/p+1. The number of nitrogens with one attached hydrogen (secondary N) is 1. The molecule has 2 unspecified atom stereocenters. The lowest BCUT2D eigenvalue weighted by Gasteiger charge is -2.37. The lowest BCUT2D eigenvalue weighted by molar-refractivity contribution is -0.705. The number of aryl methyl sites for hydroxylation is 1. The van der Waals surface area contributed by atoms with Crippen molar-refractivity contribution in [2.45, 2.75) is 173 Å². The van der Waals surface area contributed by atoms with Crippen molar-refractivity contribution in [3.05, 3.63) is 90.0 Å². The number of hydrogen-bond acceptors (Lipinski definition) is 0. The zero-order chi connectivity index (χ0) is 31.1. The lowest BCUT2D eigenvalue weighted by Crippen LogP contribution is -2.43. The molecule has 1 heterocycles. The monoisotopic (exact) mass is 600 g/mol. The van der Waals surface area contributed by atoms with E-state index >= 15 is 0 Å². The molecule has 0 aliphatic rings. The molecule has 0 spiro atoms. The highest BCUT2D eigenvalue weighted by molar-refractivity contribution is 5.32. The molecule has 0 fully saturated rings. The van der Waals surface area contributed by atoms with Crippen LogP contribution >= 0.6 is 0 Å². The van der Waals surface area contributed by atoms with E-state index in [0.717, 1.165) is 13.0 Å². The molecule has 2 nitrogen and oxygen atoms in total. The number of unbranched alkanes of at least 4 members (excludes halogenated alkanes) is 17. The number of aromatic nitrogens is 2. The Hall–Kier alpha value is -2.35. The predicted molar refractivity (Wildman–Crippen MR) is 191 cm³/mol. The summed E-state index contributed by atoms with van der Waals surface area (Å²) in [6.07, 6.45) is 33.3. The Balaban J connectivity index is 1.48. The van der Waals surface area contributed by atoms with E-state index < -0.39 is 0 Å². The minimum absolute atomic E-state index is 0.0115. The molecular weight excluding hydrogens is 532 g/mol. The highest BCUT2D eigenvalue weighted by atomic mass is 15.1. The summed E-state index contributed by atoms with van der Waals surface area (Å²) in [7, 11) is 0. The largest absolute Gasteiger partial charge is 0.258 e. The van der Waals surface area contributed by atoms with Crippen LogP contribution in [0, 0.1) is 0 Å². The first kappa shape index (κ1) is 36.1. The normalized spacial score (nSPS) is 13.6. The molecule has 0 radical (unpaired) electrons. The van der Waals surface area contributed by atoms with Crippen LogP contribution in [0.1, 0.15) is 172 Å². The van der Waals surface area contributed by atoms with E-state index in [1.54, 1.807) is 0 Å². The average molecular weight is 600 g/mol. The van der Waals surface area contributed by atoms with Gasteiger partial charge in [-0.2, -0.15) is 0 Å². The first-order valence-electron chi connectivity index (χ1n) is 18.8. The molecule has 3 rings (SSSR count). The van der Waals surface area contributed by atoms with Crippen molar-refractivity contribution in [2.24, 2.45) is 0 Å². The van der Waals surface area contributed by atoms with Crippen LogP contribution in [0.5, 0.6) is 0 Å². The fourth-order valence-corrected chi connectivity index (χ4v) is 7.32. The maximum atomic E-state index is 3.76. The van der Waals surface area contributed by atoms with Crippen molar-refractivity contribution in [2.75, 3.05) is 0 Å². The van der Waals surface area contributed by atoms with Gasteiger partial charge in [-0.3, -0.25) is 0 Å². The summed E-state index contributed by atoms with van der Waals surface area (Å²) in [4.78, 5) is 3.76. The maximum absolute atomic E-state index is 3.76. The van der Waals surface area contributed by atoms with Crippen LogP contribution in [0.3, 0.4) is 0 Å². The fourth-order valence-electron chi connectivity index (χ4n) is 7.32. The molecule has 2 atom stereocenters. The van der Waals surface area contributed by atoms with Gasteiger partial charge >= 0.3 is 0 Å². The smallest absolute Gasteiger partial charge is 0.247 e. The van der Waals surface area contributed by atoms with Crippen molar-refractivity contribution in [1.29, 1.82) is 0 Å². The first-order valence-corrected chi connectivity index (χ1v) is 18.8. The van der Waals surface area contributed by atoms with Crippen molar-refractivity contribution >= 4 is 0 Å². The Morgan fingerprint density at radius 1 is 0.591 bits per heavy atom. The molecule has 0 saturated carbocycles. The molecule has 1 aromatic heterocycles. The molecule has 44 heavy (non-hydrogen) atoms. The van der Waals surface area contributed by atoms with E-state index in [2.05, 4.69) is 103 Å². The highest BCUT2D eigenvalue weighted by Gasteiger charge is 2.41. The fraction of sp³-hybridized carbons (Fsp3) is 0.643. The van der Waals surface area contributed by atoms with Gasteiger partial charge < -0.3 is 0 Å². The van der Waals surface area contributed by atoms with E-state index in [0.29, 0.717) is 5.92 Å². The quantitative estimate of drug-likeness (QED) is 0.0699. The molecule has 2 heteroatoms. The topological polar surface area (TPSA) is 19.7 Å². The van der Waals surface area contributed by atoms with Gasteiger partial charge in [-0.25, -0.2) is 9.55 Å². The molecule has 0 amide bonds. The summed E-state index contributed by atoms with van der Waals surface area (Å²) in [6.45, 7) is 8.27. The summed E-state index contributed by atoms with van der Waals surface area (Å²) >= 11 is 0. The van der Waals surface area contributed by atoms with Crippen LogP contribution in [0.15, 0.2) is 73.1 Å². The summed E-state index contributed by atoms with van der Waals surface area (Å²) in [5.74, 6) is 1.86. The van der Waals surface area contributed by atoms with Gasteiger partial charge in [-0.05, 0) is 36.8 Å². The minimum atomic E-state index is 0.0115. The van der Waals surface area contributed by atoms with Gasteiger partial charge in [-0.15, -0.1) is 0 Å². The van der Waals surface area contributed by atoms with Gasteiger partial charge in [0.15, 0.2) is 0 Å². The zero-order valence-electron chi connectivity index (χ0n) is 29.0. The molecule has 1 N–H and O–H groups in total. The molecule has 0 bridgehead atoms. The van der Waals surface area contributed by atoms with E-state index in [-0.39, 0.29) is 5.41 Å². The van der Waals surface area contributed by atoms with Crippen LogP contribution < -0.4 is 4.57 Å². The highest BCUT2D eigenvalue weighted by Crippen LogP contribution is 2.43. The van der Waals surface area contributed by atoms with E-state index in [1.165, 1.54) is 145 Å². The predicted octanol–water partition coefficient (Wildman–Crippen LogP) is 12.4. The van der Waals surface area contributed by atoms with Crippen LogP contribution in [0.2, 0.25) is 0 Å². The van der Waals surface area contributed by atoms with Gasteiger partial charge in [0.05, 0.1) is 12.5 Å². The van der Waals surface area contributed by atoms with E-state index in [9.17, 15) is 0 Å². The van der Waals surface area contributed by atoms with Gasteiger partial charge in [-0.1, -0.05) is 191 Å². The van der Waals surface area contributed by atoms with Crippen molar-refractivity contribution in [3.8, 4) is 0 Å². The Labute approximate surface area is 272 Å². The van der Waals surface area contributed by atoms with Crippen LogP contribution in [-0.4, -0.2) is 4.98 Å². The van der Waals surface area contributed by atoms with Crippen LogP contribution in [0.25, 0.3) is 0 Å². The van der Waals surface area contributed by atoms with Gasteiger partial charge in [0, 0.05) is 5.41 Å². The minimum Gasteiger partial charge on any atom is -0.247 e. The number of imidazole rings is 1. The summed E-state index contributed by atoms with van der Waals surface area (Å²) in [5, 5.41) is 0. The third kappa shape index (κ3) is 12.9. The number of benzene rings is 2. The Morgan fingerprint density at radius 3 is 1.61 bits per heavy atom. The Morgan fingerprint density at radius 2 is 1.07 bits per heavy atom. The molecule has 0 aliphatic heterocycles.